The van der Waals surface area contributed by atoms with Crippen LogP contribution in [0.25, 0.3) is 0 Å². The summed E-state index contributed by atoms with van der Waals surface area (Å²) in [7, 11) is 3.75. The van der Waals surface area contributed by atoms with Gasteiger partial charge in [-0.05, 0) is 23.6 Å². The number of amides is 1. The minimum absolute atomic E-state index is 0.143. The number of rotatable bonds is 4. The molecule has 0 spiro atoms. The molecule has 2 heterocycles. The molecular weight excluding hydrogens is 282 g/mol. The van der Waals surface area contributed by atoms with Crippen LogP contribution in [0, 0.1) is 0 Å². The highest BCUT2D eigenvalue weighted by Crippen LogP contribution is 2.29. The first-order valence-electron chi connectivity index (χ1n) is 7.21. The predicted molar refractivity (Wildman–Crippen MR) is 81.7 cm³/mol. The van der Waals surface area contributed by atoms with Crippen LogP contribution in [-0.2, 0) is 13.5 Å². The zero-order chi connectivity index (χ0) is 15.7. The van der Waals surface area contributed by atoms with Gasteiger partial charge in [-0.1, -0.05) is 17.3 Å². The molecule has 3 rings (SSSR count). The van der Waals surface area contributed by atoms with Crippen molar-refractivity contribution in [2.45, 2.75) is 12.5 Å². The van der Waals surface area contributed by atoms with Crippen molar-refractivity contribution in [2.75, 3.05) is 25.0 Å². The van der Waals surface area contributed by atoms with Crippen molar-refractivity contribution in [3.8, 4) is 0 Å². The topological polar surface area (TPSA) is 83.3 Å². The molecule has 7 heteroatoms. The van der Waals surface area contributed by atoms with Crippen LogP contribution < -0.4 is 10.2 Å². The number of nitrogens with one attached hydrogen (secondary N) is 1. The van der Waals surface area contributed by atoms with E-state index in [1.54, 1.807) is 7.05 Å². The standard InChI is InChI=1S/C15H19N5O2/c1-19-6-5-10-7-11(3-4-13(10)19)14(21)8-16-15(22)12-9-20(2)18-17-12/h3-4,7,9,14,21H,5-6,8H2,1-2H3,(H,16,22). The van der Waals surface area contributed by atoms with Gasteiger partial charge in [-0.3, -0.25) is 9.48 Å². The summed E-state index contributed by atoms with van der Waals surface area (Å²) in [5.41, 5.74) is 3.50. The van der Waals surface area contributed by atoms with E-state index < -0.39 is 6.10 Å². The summed E-state index contributed by atoms with van der Waals surface area (Å²) in [6.45, 7) is 1.14. The first kappa shape index (κ1) is 14.5. The van der Waals surface area contributed by atoms with Crippen molar-refractivity contribution >= 4 is 11.6 Å². The van der Waals surface area contributed by atoms with Crippen LogP contribution in [0.15, 0.2) is 24.4 Å². The summed E-state index contributed by atoms with van der Waals surface area (Å²) in [6.07, 6.45) is 1.78. The molecular formula is C15H19N5O2. The number of aryl methyl sites for hydroxylation is 1. The number of hydrogen-bond donors (Lipinski definition) is 2. The smallest absolute Gasteiger partial charge is 0.273 e. The Labute approximate surface area is 128 Å². The number of aliphatic hydroxyl groups excluding tert-OH is 1. The van der Waals surface area contributed by atoms with Gasteiger partial charge in [0.05, 0.1) is 12.3 Å². The van der Waals surface area contributed by atoms with Gasteiger partial charge in [0.15, 0.2) is 5.69 Å². The highest BCUT2D eigenvalue weighted by Gasteiger charge is 2.18. The lowest BCUT2D eigenvalue weighted by Crippen LogP contribution is -2.28. The highest BCUT2D eigenvalue weighted by atomic mass is 16.3. The summed E-state index contributed by atoms with van der Waals surface area (Å²) in [6, 6.07) is 5.93. The maximum absolute atomic E-state index is 11.9. The van der Waals surface area contributed by atoms with Gasteiger partial charge in [-0.25, -0.2) is 0 Å². The van der Waals surface area contributed by atoms with Crippen LogP contribution in [0.3, 0.4) is 0 Å². The van der Waals surface area contributed by atoms with Crippen LogP contribution in [0.4, 0.5) is 5.69 Å². The van der Waals surface area contributed by atoms with Crippen LogP contribution in [0.5, 0.6) is 0 Å². The average Bonchev–Trinajstić information content (AvgIpc) is 3.11. The van der Waals surface area contributed by atoms with Crippen LogP contribution in [-0.4, -0.2) is 46.1 Å². The Morgan fingerprint density at radius 1 is 1.45 bits per heavy atom. The number of benzene rings is 1. The van der Waals surface area contributed by atoms with Crippen molar-refractivity contribution in [3.05, 3.63) is 41.2 Å². The average molecular weight is 301 g/mol. The lowest BCUT2D eigenvalue weighted by atomic mass is 10.0. The van der Waals surface area contributed by atoms with E-state index in [1.807, 2.05) is 18.2 Å². The van der Waals surface area contributed by atoms with Crippen LogP contribution >= 0.6 is 0 Å². The van der Waals surface area contributed by atoms with Gasteiger partial charge < -0.3 is 15.3 Å². The molecule has 1 aliphatic heterocycles. The van der Waals surface area contributed by atoms with Crippen molar-refractivity contribution in [3.63, 3.8) is 0 Å². The molecule has 1 aromatic carbocycles. The molecule has 0 aliphatic carbocycles. The summed E-state index contributed by atoms with van der Waals surface area (Å²) < 4.78 is 1.46. The maximum Gasteiger partial charge on any atom is 0.273 e. The van der Waals surface area contributed by atoms with Gasteiger partial charge in [-0.2, -0.15) is 0 Å². The van der Waals surface area contributed by atoms with Gasteiger partial charge >= 0.3 is 0 Å². The molecule has 0 radical (unpaired) electrons. The molecule has 1 amide bonds. The first-order chi connectivity index (χ1) is 10.5. The minimum atomic E-state index is -0.739. The number of aliphatic hydroxyl groups is 1. The molecule has 1 aliphatic rings. The molecule has 0 fully saturated rings. The minimum Gasteiger partial charge on any atom is -0.387 e. The van der Waals surface area contributed by atoms with E-state index in [9.17, 15) is 9.90 Å². The van der Waals surface area contributed by atoms with E-state index in [0.717, 1.165) is 18.5 Å². The fraction of sp³-hybridized carbons (Fsp3) is 0.400. The summed E-state index contributed by atoms with van der Waals surface area (Å²) in [5, 5.41) is 20.4. The molecule has 1 atom stereocenters. The first-order valence-corrected chi connectivity index (χ1v) is 7.21. The fourth-order valence-electron chi connectivity index (χ4n) is 2.64. The number of carbonyl (C=O) groups is 1. The Kier molecular flexibility index (Phi) is 3.81. The molecule has 1 aromatic heterocycles. The number of fused-ring (bicyclic) bond motifs is 1. The molecule has 116 valence electrons. The van der Waals surface area contributed by atoms with Crippen molar-refractivity contribution < 1.29 is 9.90 Å². The Hall–Kier alpha value is -2.41. The van der Waals surface area contributed by atoms with Crippen molar-refractivity contribution in [2.24, 2.45) is 7.05 Å². The van der Waals surface area contributed by atoms with Crippen LogP contribution in [0.1, 0.15) is 27.7 Å². The molecule has 2 N–H and O–H groups in total. The predicted octanol–water partition coefficient (Wildman–Crippen LogP) is 0.271. The third-order valence-corrected chi connectivity index (χ3v) is 3.91. The third kappa shape index (κ3) is 2.80. The molecule has 0 saturated heterocycles. The summed E-state index contributed by atoms with van der Waals surface area (Å²) >= 11 is 0. The fourth-order valence-corrected chi connectivity index (χ4v) is 2.64. The Morgan fingerprint density at radius 3 is 3.00 bits per heavy atom. The van der Waals surface area contributed by atoms with Gasteiger partial charge in [0, 0.05) is 32.9 Å². The second-order valence-corrected chi connectivity index (χ2v) is 5.56. The Balaban J connectivity index is 1.63. The number of nitrogens with zero attached hydrogens (tertiary/aromatic N) is 4. The number of aromatic nitrogens is 3. The van der Waals surface area contributed by atoms with Gasteiger partial charge in [0.2, 0.25) is 0 Å². The number of hydrogen-bond acceptors (Lipinski definition) is 5. The van der Waals surface area contributed by atoms with Crippen molar-refractivity contribution in [1.29, 1.82) is 0 Å². The molecule has 1 unspecified atom stereocenters. The van der Waals surface area contributed by atoms with Gasteiger partial charge in [0.1, 0.15) is 0 Å². The maximum atomic E-state index is 11.9. The largest absolute Gasteiger partial charge is 0.387 e. The quantitative estimate of drug-likeness (QED) is 0.847. The molecule has 2 aromatic rings. The SMILES string of the molecule is CN1CCc2cc(C(O)CNC(=O)c3cn(C)nn3)ccc21. The van der Waals surface area contributed by atoms with E-state index in [-0.39, 0.29) is 18.1 Å². The second kappa shape index (κ2) is 5.76. The summed E-state index contributed by atoms with van der Waals surface area (Å²) in [4.78, 5) is 14.1. The monoisotopic (exact) mass is 301 g/mol. The van der Waals surface area contributed by atoms with E-state index in [4.69, 9.17) is 0 Å². The Bertz CT molecular complexity index is 697. The van der Waals surface area contributed by atoms with E-state index in [2.05, 4.69) is 27.6 Å². The lowest BCUT2D eigenvalue weighted by molar-refractivity contribution is 0.0911. The normalized spacial score (nSPS) is 14.8. The van der Waals surface area contributed by atoms with Crippen LogP contribution in [0.2, 0.25) is 0 Å². The van der Waals surface area contributed by atoms with E-state index in [1.165, 1.54) is 22.1 Å². The van der Waals surface area contributed by atoms with Crippen molar-refractivity contribution in [1.82, 2.24) is 20.3 Å². The zero-order valence-electron chi connectivity index (χ0n) is 12.7. The molecule has 0 saturated carbocycles. The van der Waals surface area contributed by atoms with E-state index in [0.29, 0.717) is 0 Å². The molecule has 22 heavy (non-hydrogen) atoms. The third-order valence-electron chi connectivity index (χ3n) is 3.91. The number of likely N-dealkylation sites (N-methyl/N-ethyl adjacent to an activating group) is 1. The van der Waals surface area contributed by atoms with Gasteiger partial charge in [0.25, 0.3) is 5.91 Å². The Morgan fingerprint density at radius 2 is 2.27 bits per heavy atom. The molecule has 7 nitrogen and oxygen atoms in total. The summed E-state index contributed by atoms with van der Waals surface area (Å²) in [5.74, 6) is -0.340. The zero-order valence-corrected chi connectivity index (χ0v) is 12.7. The number of anilines is 1. The van der Waals surface area contributed by atoms with E-state index >= 15 is 0 Å². The second-order valence-electron chi connectivity index (χ2n) is 5.56. The van der Waals surface area contributed by atoms with Gasteiger partial charge in [-0.15, -0.1) is 5.10 Å². The number of carbonyl (C=O) groups excluding carboxylic acids is 1. The molecule has 0 bridgehead atoms. The lowest BCUT2D eigenvalue weighted by Gasteiger charge is -2.15. The highest BCUT2D eigenvalue weighted by molar-refractivity contribution is 5.91.